The number of nitrogens with one attached hydrogen (secondary N) is 2. The Morgan fingerprint density at radius 2 is 1.63 bits per heavy atom. The zero-order valence-corrected chi connectivity index (χ0v) is 18.4. The Kier molecular flexibility index (Phi) is 6.96. The van der Waals surface area contributed by atoms with Crippen molar-refractivity contribution in [3.05, 3.63) is 77.3 Å². The molecular formula is C21H19BrN2O5S. The number of carbonyl (C=O) groups excluding carboxylic acids is 1. The molecule has 0 heterocycles. The fourth-order valence-electron chi connectivity index (χ4n) is 2.53. The molecule has 3 rings (SSSR count). The first-order valence-electron chi connectivity index (χ1n) is 8.81. The van der Waals surface area contributed by atoms with Gasteiger partial charge >= 0.3 is 0 Å². The van der Waals surface area contributed by atoms with Crippen LogP contribution in [0.5, 0.6) is 11.5 Å². The van der Waals surface area contributed by atoms with E-state index in [1.54, 1.807) is 42.5 Å². The van der Waals surface area contributed by atoms with Gasteiger partial charge in [0, 0.05) is 16.2 Å². The lowest BCUT2D eigenvalue weighted by molar-refractivity contribution is -0.118. The summed E-state index contributed by atoms with van der Waals surface area (Å²) in [6.45, 7) is -0.208. The van der Waals surface area contributed by atoms with Crippen LogP contribution in [0.1, 0.15) is 0 Å². The molecule has 0 bridgehead atoms. The van der Waals surface area contributed by atoms with Crippen molar-refractivity contribution >= 4 is 43.2 Å². The number of anilines is 2. The minimum absolute atomic E-state index is 0.0660. The molecule has 0 aliphatic heterocycles. The second-order valence-corrected chi connectivity index (χ2v) is 8.75. The number of sulfonamides is 1. The Bertz CT molecular complexity index is 1130. The molecule has 30 heavy (non-hydrogen) atoms. The van der Waals surface area contributed by atoms with Gasteiger partial charge in [-0.15, -0.1) is 0 Å². The highest BCUT2D eigenvalue weighted by Gasteiger charge is 2.15. The molecule has 156 valence electrons. The molecule has 0 aromatic heterocycles. The van der Waals surface area contributed by atoms with Crippen LogP contribution < -0.4 is 19.5 Å². The van der Waals surface area contributed by atoms with Crippen molar-refractivity contribution in [3.63, 3.8) is 0 Å². The van der Waals surface area contributed by atoms with Gasteiger partial charge in [0.1, 0.15) is 11.5 Å². The number of methoxy groups -OCH3 is 1. The highest BCUT2D eigenvalue weighted by atomic mass is 79.9. The molecular weight excluding hydrogens is 472 g/mol. The lowest BCUT2D eigenvalue weighted by Gasteiger charge is -2.11. The second-order valence-electron chi connectivity index (χ2n) is 6.16. The number of amides is 1. The molecule has 0 saturated carbocycles. The van der Waals surface area contributed by atoms with Gasteiger partial charge in [0.25, 0.3) is 15.9 Å². The van der Waals surface area contributed by atoms with E-state index in [1.807, 2.05) is 6.07 Å². The summed E-state index contributed by atoms with van der Waals surface area (Å²) in [6.07, 6.45) is 0. The summed E-state index contributed by atoms with van der Waals surface area (Å²) in [7, 11) is -2.27. The van der Waals surface area contributed by atoms with E-state index in [0.29, 0.717) is 22.9 Å². The molecule has 3 aromatic carbocycles. The summed E-state index contributed by atoms with van der Waals surface area (Å²) >= 11 is 3.34. The number of hydrogen-bond donors (Lipinski definition) is 2. The molecule has 0 radical (unpaired) electrons. The monoisotopic (exact) mass is 490 g/mol. The van der Waals surface area contributed by atoms with Crippen LogP contribution in [0.2, 0.25) is 0 Å². The maximum Gasteiger partial charge on any atom is 0.262 e. The predicted molar refractivity (Wildman–Crippen MR) is 119 cm³/mol. The Labute approximate surface area is 183 Å². The maximum absolute atomic E-state index is 12.5. The summed E-state index contributed by atoms with van der Waals surface area (Å²) in [5.41, 5.74) is 1.03. The SMILES string of the molecule is COc1cccc(NS(=O)(=O)c2ccc(OCC(=O)Nc3cccc(Br)c3)cc2)c1. The molecule has 0 aliphatic rings. The first-order valence-corrected chi connectivity index (χ1v) is 11.1. The van der Waals surface area contributed by atoms with Crippen molar-refractivity contribution < 1.29 is 22.7 Å². The minimum atomic E-state index is -3.78. The average molecular weight is 491 g/mol. The van der Waals surface area contributed by atoms with E-state index in [9.17, 15) is 13.2 Å². The average Bonchev–Trinajstić information content (AvgIpc) is 2.72. The van der Waals surface area contributed by atoms with Gasteiger partial charge in [-0.05, 0) is 54.6 Å². The van der Waals surface area contributed by atoms with Crippen molar-refractivity contribution in [1.82, 2.24) is 0 Å². The van der Waals surface area contributed by atoms with Crippen LogP contribution in [0.25, 0.3) is 0 Å². The predicted octanol–water partition coefficient (Wildman–Crippen LogP) is 4.28. The zero-order chi connectivity index (χ0) is 21.6. The van der Waals surface area contributed by atoms with Gasteiger partial charge in [-0.3, -0.25) is 9.52 Å². The third kappa shape index (κ3) is 5.98. The third-order valence-electron chi connectivity index (χ3n) is 3.93. The lowest BCUT2D eigenvalue weighted by Crippen LogP contribution is -2.20. The minimum Gasteiger partial charge on any atom is -0.497 e. The zero-order valence-electron chi connectivity index (χ0n) is 16.0. The topological polar surface area (TPSA) is 93.7 Å². The largest absolute Gasteiger partial charge is 0.497 e. The molecule has 0 aliphatic carbocycles. The third-order valence-corrected chi connectivity index (χ3v) is 5.82. The fourth-order valence-corrected chi connectivity index (χ4v) is 3.98. The molecule has 2 N–H and O–H groups in total. The van der Waals surface area contributed by atoms with E-state index in [4.69, 9.17) is 9.47 Å². The fraction of sp³-hybridized carbons (Fsp3) is 0.0952. The van der Waals surface area contributed by atoms with Crippen molar-refractivity contribution in [2.45, 2.75) is 4.90 Å². The first kappa shape index (κ1) is 21.7. The highest BCUT2D eigenvalue weighted by molar-refractivity contribution is 9.10. The number of rotatable bonds is 8. The molecule has 0 spiro atoms. The van der Waals surface area contributed by atoms with Crippen molar-refractivity contribution in [2.24, 2.45) is 0 Å². The Morgan fingerprint density at radius 3 is 2.33 bits per heavy atom. The summed E-state index contributed by atoms with van der Waals surface area (Å²) in [4.78, 5) is 12.1. The van der Waals surface area contributed by atoms with E-state index >= 15 is 0 Å². The number of benzene rings is 3. The lowest BCUT2D eigenvalue weighted by atomic mass is 10.3. The van der Waals surface area contributed by atoms with Gasteiger partial charge < -0.3 is 14.8 Å². The number of hydrogen-bond acceptors (Lipinski definition) is 5. The number of ether oxygens (including phenoxy) is 2. The highest BCUT2D eigenvalue weighted by Crippen LogP contribution is 2.22. The summed E-state index contributed by atoms with van der Waals surface area (Å²) in [5, 5.41) is 2.72. The van der Waals surface area contributed by atoms with E-state index in [2.05, 4.69) is 26.0 Å². The van der Waals surface area contributed by atoms with Gasteiger partial charge in [-0.25, -0.2) is 8.42 Å². The number of carbonyl (C=O) groups is 1. The second kappa shape index (κ2) is 9.64. The van der Waals surface area contributed by atoms with Crippen LogP contribution in [-0.4, -0.2) is 28.0 Å². The van der Waals surface area contributed by atoms with Gasteiger partial charge in [0.2, 0.25) is 0 Å². The van der Waals surface area contributed by atoms with E-state index in [0.717, 1.165) is 4.47 Å². The summed E-state index contributed by atoms with van der Waals surface area (Å²) in [5.74, 6) is 0.587. The quantitative estimate of drug-likeness (QED) is 0.491. The van der Waals surface area contributed by atoms with E-state index in [-0.39, 0.29) is 17.4 Å². The smallest absolute Gasteiger partial charge is 0.262 e. The molecule has 1 amide bonds. The van der Waals surface area contributed by atoms with Gasteiger partial charge in [-0.2, -0.15) is 0 Å². The van der Waals surface area contributed by atoms with Crippen molar-refractivity contribution in [3.8, 4) is 11.5 Å². The maximum atomic E-state index is 12.5. The number of halogens is 1. The van der Waals surface area contributed by atoms with E-state index in [1.165, 1.54) is 31.4 Å². The Hall–Kier alpha value is -3.04. The Balaban J connectivity index is 1.59. The molecule has 7 nitrogen and oxygen atoms in total. The molecule has 0 atom stereocenters. The van der Waals surface area contributed by atoms with Gasteiger partial charge in [0.05, 0.1) is 17.7 Å². The van der Waals surface area contributed by atoms with Crippen molar-refractivity contribution in [2.75, 3.05) is 23.8 Å². The molecule has 0 unspecified atom stereocenters. The van der Waals surface area contributed by atoms with Crippen LogP contribution in [0.3, 0.4) is 0 Å². The standard InChI is InChI=1S/C21H19BrN2O5S/c1-28-19-7-3-6-17(13-19)24-30(26,27)20-10-8-18(9-11-20)29-14-21(25)23-16-5-2-4-15(22)12-16/h2-13,24H,14H2,1H3,(H,23,25). The molecule has 0 saturated heterocycles. The molecule has 9 heteroatoms. The van der Waals surface area contributed by atoms with Crippen LogP contribution in [-0.2, 0) is 14.8 Å². The van der Waals surface area contributed by atoms with Crippen molar-refractivity contribution in [1.29, 1.82) is 0 Å². The summed E-state index contributed by atoms with van der Waals surface area (Å²) < 4.78 is 39.0. The molecule has 3 aromatic rings. The van der Waals surface area contributed by atoms with Gasteiger partial charge in [0.15, 0.2) is 6.61 Å². The van der Waals surface area contributed by atoms with Crippen LogP contribution >= 0.6 is 15.9 Å². The normalized spacial score (nSPS) is 10.9. The van der Waals surface area contributed by atoms with Gasteiger partial charge in [-0.1, -0.05) is 28.1 Å². The van der Waals surface area contributed by atoms with Crippen LogP contribution in [0.15, 0.2) is 82.2 Å². The van der Waals surface area contributed by atoms with E-state index < -0.39 is 10.0 Å². The molecule has 0 fully saturated rings. The van der Waals surface area contributed by atoms with Crippen LogP contribution in [0.4, 0.5) is 11.4 Å². The van der Waals surface area contributed by atoms with Crippen LogP contribution in [0, 0.1) is 0 Å². The summed E-state index contributed by atoms with van der Waals surface area (Å²) in [6, 6.07) is 19.6. The Morgan fingerprint density at radius 1 is 0.933 bits per heavy atom. The first-order chi connectivity index (χ1) is 14.4.